The van der Waals surface area contributed by atoms with Crippen molar-refractivity contribution < 1.29 is 19.1 Å². The summed E-state index contributed by atoms with van der Waals surface area (Å²) >= 11 is 5.90. The molecule has 2 saturated carbocycles. The van der Waals surface area contributed by atoms with Gasteiger partial charge in [0, 0.05) is 16.5 Å². The van der Waals surface area contributed by atoms with E-state index in [1.165, 1.54) is 0 Å². The summed E-state index contributed by atoms with van der Waals surface area (Å²) in [4.78, 5) is 27.6. The van der Waals surface area contributed by atoms with Gasteiger partial charge in [-0.1, -0.05) is 11.6 Å². The molecule has 136 valence electrons. The summed E-state index contributed by atoms with van der Waals surface area (Å²) in [5.74, 6) is -0.0566. The van der Waals surface area contributed by atoms with E-state index in [2.05, 4.69) is 10.3 Å². The number of carboxylic acid groups (broad SMARTS) is 1. The number of hydrogen-bond acceptors (Lipinski definition) is 4. The number of benzene rings is 1. The summed E-state index contributed by atoms with van der Waals surface area (Å²) in [6.07, 6.45) is 2.03. The average Bonchev–Trinajstić information content (AvgIpc) is 3.23. The lowest BCUT2D eigenvalue weighted by molar-refractivity contribution is -0.142. The predicted molar refractivity (Wildman–Crippen MR) is 94.4 cm³/mol. The van der Waals surface area contributed by atoms with Crippen molar-refractivity contribution in [2.45, 2.75) is 32.7 Å². The van der Waals surface area contributed by atoms with Crippen LogP contribution < -0.4 is 5.32 Å². The molecular weight excluding hydrogens is 356 g/mol. The highest BCUT2D eigenvalue weighted by molar-refractivity contribution is 6.30. The number of carbonyl (C=O) groups excluding carboxylic acids is 1. The normalized spacial score (nSPS) is 26.4. The van der Waals surface area contributed by atoms with Gasteiger partial charge in [0.15, 0.2) is 5.76 Å². The minimum Gasteiger partial charge on any atom is -0.481 e. The van der Waals surface area contributed by atoms with Gasteiger partial charge in [-0.2, -0.15) is 0 Å². The first-order valence-electron chi connectivity index (χ1n) is 8.61. The van der Waals surface area contributed by atoms with Crippen molar-refractivity contribution in [3.63, 3.8) is 0 Å². The fraction of sp³-hybridized carbons (Fsp3) is 0.421. The number of aryl methyl sites for hydroxylation is 1. The molecule has 2 N–H and O–H groups in total. The number of nitrogens with zero attached hydrogens (tertiary/aromatic N) is 1. The molecule has 0 aliphatic heterocycles. The maximum atomic E-state index is 12.2. The molecule has 2 aromatic rings. The average molecular weight is 375 g/mol. The van der Waals surface area contributed by atoms with Crippen LogP contribution >= 0.6 is 11.6 Å². The minimum atomic E-state index is -0.742. The third kappa shape index (κ3) is 2.98. The molecule has 1 heterocycles. The number of amides is 1. The van der Waals surface area contributed by atoms with Gasteiger partial charge in [-0.3, -0.25) is 9.59 Å². The van der Waals surface area contributed by atoms with Gasteiger partial charge in [0.1, 0.15) is 0 Å². The SMILES string of the molecule is Cc1nc(CNC(=O)C2CC3(C2)CC3C(=O)O)oc1-c1ccc(Cl)cc1. The van der Waals surface area contributed by atoms with Gasteiger partial charge >= 0.3 is 5.97 Å². The third-order valence-electron chi connectivity index (χ3n) is 5.53. The zero-order chi connectivity index (χ0) is 18.5. The van der Waals surface area contributed by atoms with Crippen molar-refractivity contribution in [2.75, 3.05) is 0 Å². The summed E-state index contributed by atoms with van der Waals surface area (Å²) in [5, 5.41) is 12.5. The number of nitrogens with one attached hydrogen (secondary N) is 1. The smallest absolute Gasteiger partial charge is 0.307 e. The molecule has 1 unspecified atom stereocenters. The zero-order valence-electron chi connectivity index (χ0n) is 14.3. The molecule has 1 spiro atoms. The number of rotatable bonds is 5. The highest BCUT2D eigenvalue weighted by atomic mass is 35.5. The number of hydrogen-bond donors (Lipinski definition) is 2. The first-order valence-corrected chi connectivity index (χ1v) is 8.98. The monoisotopic (exact) mass is 374 g/mol. The summed E-state index contributed by atoms with van der Waals surface area (Å²) in [5.41, 5.74) is 1.52. The number of halogens is 1. The van der Waals surface area contributed by atoms with Gasteiger partial charge in [-0.05, 0) is 55.9 Å². The van der Waals surface area contributed by atoms with E-state index in [0.717, 1.165) is 11.3 Å². The van der Waals surface area contributed by atoms with Crippen LogP contribution in [-0.2, 0) is 16.1 Å². The van der Waals surface area contributed by atoms with Crippen LogP contribution in [-0.4, -0.2) is 22.0 Å². The Morgan fingerprint density at radius 3 is 2.62 bits per heavy atom. The fourth-order valence-electron chi connectivity index (χ4n) is 3.96. The van der Waals surface area contributed by atoms with Crippen LogP contribution in [0.5, 0.6) is 0 Å². The quantitative estimate of drug-likeness (QED) is 0.836. The molecule has 1 atom stereocenters. The van der Waals surface area contributed by atoms with Crippen molar-refractivity contribution in [1.29, 1.82) is 0 Å². The van der Waals surface area contributed by atoms with E-state index in [0.29, 0.717) is 35.9 Å². The summed E-state index contributed by atoms with van der Waals surface area (Å²) in [6.45, 7) is 2.08. The number of carboxylic acids is 1. The van der Waals surface area contributed by atoms with Crippen LogP contribution in [0.2, 0.25) is 5.02 Å². The van der Waals surface area contributed by atoms with E-state index < -0.39 is 5.97 Å². The van der Waals surface area contributed by atoms with Crippen molar-refractivity contribution in [3.8, 4) is 11.3 Å². The molecule has 7 heteroatoms. The van der Waals surface area contributed by atoms with Crippen molar-refractivity contribution >= 4 is 23.5 Å². The first kappa shape index (κ1) is 17.1. The number of aliphatic carboxylic acids is 1. The van der Waals surface area contributed by atoms with Crippen LogP contribution in [0, 0.1) is 24.2 Å². The lowest BCUT2D eigenvalue weighted by atomic mass is 9.70. The molecule has 1 aromatic carbocycles. The zero-order valence-corrected chi connectivity index (χ0v) is 15.0. The molecule has 2 aliphatic rings. The summed E-state index contributed by atoms with van der Waals surface area (Å²) in [6, 6.07) is 7.30. The number of aromatic nitrogens is 1. The van der Waals surface area contributed by atoms with E-state index >= 15 is 0 Å². The van der Waals surface area contributed by atoms with Gasteiger partial charge in [-0.25, -0.2) is 4.98 Å². The van der Waals surface area contributed by atoms with Gasteiger partial charge in [0.25, 0.3) is 0 Å². The second-order valence-electron chi connectivity index (χ2n) is 7.31. The Labute approximate surface area is 155 Å². The highest BCUT2D eigenvalue weighted by Gasteiger charge is 2.65. The van der Waals surface area contributed by atoms with Crippen molar-refractivity contribution in [2.24, 2.45) is 17.3 Å². The van der Waals surface area contributed by atoms with Gasteiger partial charge in [0.05, 0.1) is 18.2 Å². The number of carbonyl (C=O) groups is 2. The third-order valence-corrected chi connectivity index (χ3v) is 5.78. The number of oxazole rings is 1. The molecule has 1 aromatic heterocycles. The molecular formula is C19H19ClN2O4. The molecule has 0 radical (unpaired) electrons. The van der Waals surface area contributed by atoms with Crippen LogP contribution in [0.15, 0.2) is 28.7 Å². The molecule has 0 bridgehead atoms. The van der Waals surface area contributed by atoms with E-state index in [1.807, 2.05) is 19.1 Å². The van der Waals surface area contributed by atoms with Gasteiger partial charge in [0.2, 0.25) is 11.8 Å². The van der Waals surface area contributed by atoms with Crippen molar-refractivity contribution in [3.05, 3.63) is 40.9 Å². The van der Waals surface area contributed by atoms with E-state index in [4.69, 9.17) is 21.1 Å². The molecule has 6 nitrogen and oxygen atoms in total. The maximum absolute atomic E-state index is 12.2. The first-order chi connectivity index (χ1) is 12.4. The Morgan fingerprint density at radius 2 is 2.00 bits per heavy atom. The summed E-state index contributed by atoms with van der Waals surface area (Å²) in [7, 11) is 0. The van der Waals surface area contributed by atoms with Gasteiger partial charge in [-0.15, -0.1) is 0 Å². The summed E-state index contributed by atoms with van der Waals surface area (Å²) < 4.78 is 5.78. The Morgan fingerprint density at radius 1 is 1.31 bits per heavy atom. The lowest BCUT2D eigenvalue weighted by Crippen LogP contribution is -2.40. The molecule has 2 fully saturated rings. The topological polar surface area (TPSA) is 92.4 Å². The largest absolute Gasteiger partial charge is 0.481 e. The Bertz CT molecular complexity index is 868. The second kappa shape index (κ2) is 6.13. The van der Waals surface area contributed by atoms with Gasteiger partial charge < -0.3 is 14.8 Å². The molecule has 0 saturated heterocycles. The van der Waals surface area contributed by atoms with Crippen LogP contribution in [0.3, 0.4) is 0 Å². The minimum absolute atomic E-state index is 0.0597. The molecule has 26 heavy (non-hydrogen) atoms. The molecule has 2 aliphatic carbocycles. The van der Waals surface area contributed by atoms with E-state index in [-0.39, 0.29) is 29.7 Å². The Balaban J connectivity index is 1.33. The van der Waals surface area contributed by atoms with E-state index in [9.17, 15) is 9.59 Å². The van der Waals surface area contributed by atoms with Crippen LogP contribution in [0.25, 0.3) is 11.3 Å². The predicted octanol–water partition coefficient (Wildman–Crippen LogP) is 3.42. The Kier molecular flexibility index (Phi) is 4.03. The highest BCUT2D eigenvalue weighted by Crippen LogP contribution is 2.67. The Hall–Kier alpha value is -2.34. The van der Waals surface area contributed by atoms with Crippen LogP contribution in [0.1, 0.15) is 30.8 Å². The molecule has 4 rings (SSSR count). The van der Waals surface area contributed by atoms with Crippen molar-refractivity contribution in [1.82, 2.24) is 10.3 Å². The van der Waals surface area contributed by atoms with E-state index in [1.54, 1.807) is 12.1 Å². The maximum Gasteiger partial charge on any atom is 0.307 e. The van der Waals surface area contributed by atoms with Crippen LogP contribution in [0.4, 0.5) is 0 Å². The lowest BCUT2D eigenvalue weighted by Gasteiger charge is -2.35. The fourth-order valence-corrected chi connectivity index (χ4v) is 4.09. The second-order valence-corrected chi connectivity index (χ2v) is 7.75. The standard InChI is InChI=1S/C19H19ClN2O4/c1-10-16(11-2-4-13(20)5-3-11)26-15(22-10)9-21-17(23)12-6-19(7-12)8-14(19)18(24)25/h2-5,12,14H,6-9H2,1H3,(H,21,23)(H,24,25). The molecule has 1 amide bonds.